The lowest BCUT2D eigenvalue weighted by molar-refractivity contribution is -0.144. The summed E-state index contributed by atoms with van der Waals surface area (Å²) in [5, 5.41) is 18.7. The Balaban J connectivity index is 3.33. The maximum absolute atomic E-state index is 12.6. The van der Waals surface area contributed by atoms with E-state index in [-0.39, 0.29) is 12.2 Å². The van der Waals surface area contributed by atoms with Crippen molar-refractivity contribution >= 4 is 29.6 Å². The van der Waals surface area contributed by atoms with Crippen LogP contribution in [-0.4, -0.2) is 67.9 Å². The smallest absolute Gasteiger partial charge is 0.412 e. The molecule has 9 heteroatoms. The molecule has 132 valence electrons. The van der Waals surface area contributed by atoms with Gasteiger partial charge in [0.05, 0.1) is 6.04 Å². The first kappa shape index (κ1) is 19.7. The number of carbonyl (C=O) groups excluding carboxylic acids is 2. The molecule has 1 aliphatic heterocycles. The number of thioether (sulfide) groups is 1. The van der Waals surface area contributed by atoms with Crippen molar-refractivity contribution in [3.8, 4) is 0 Å². The number of nitrogens with two attached hydrogens (primary N) is 1. The largest absolute Gasteiger partial charge is 0.480 e. The van der Waals surface area contributed by atoms with Gasteiger partial charge in [0.15, 0.2) is 10.7 Å². The number of ether oxygens (including phenoxy) is 1. The van der Waals surface area contributed by atoms with E-state index in [1.165, 1.54) is 6.92 Å². The Labute approximate surface area is 139 Å². The minimum absolute atomic E-state index is 0.0209. The number of rotatable bonds is 5. The summed E-state index contributed by atoms with van der Waals surface area (Å²) in [6, 6.07) is -2.13. The van der Waals surface area contributed by atoms with Crippen LogP contribution < -0.4 is 5.73 Å². The molecule has 0 aromatic carbocycles. The number of Topliss-reactive ketones (excluding diaryl/α,β-unsaturated/α-hetero) is 1. The van der Waals surface area contributed by atoms with E-state index in [0.717, 1.165) is 16.7 Å². The highest BCUT2D eigenvalue weighted by molar-refractivity contribution is 8.01. The first-order chi connectivity index (χ1) is 10.5. The summed E-state index contributed by atoms with van der Waals surface area (Å²) in [6.07, 6.45) is -1.02. The molecule has 1 fully saturated rings. The lowest BCUT2D eigenvalue weighted by Crippen LogP contribution is -2.60. The van der Waals surface area contributed by atoms with Crippen molar-refractivity contribution in [2.24, 2.45) is 5.73 Å². The molecule has 1 rings (SSSR count). The van der Waals surface area contributed by atoms with Crippen molar-refractivity contribution in [1.29, 1.82) is 0 Å². The predicted octanol–water partition coefficient (Wildman–Crippen LogP) is 0.419. The summed E-state index contributed by atoms with van der Waals surface area (Å²) in [7, 11) is 0. The second kappa shape index (κ2) is 7.06. The third-order valence-corrected chi connectivity index (χ3v) is 4.87. The summed E-state index contributed by atoms with van der Waals surface area (Å²) in [5.41, 5.74) is 4.82. The van der Waals surface area contributed by atoms with Gasteiger partial charge in [-0.1, -0.05) is 0 Å². The molecule has 4 N–H and O–H groups in total. The van der Waals surface area contributed by atoms with Gasteiger partial charge in [0.25, 0.3) is 0 Å². The van der Waals surface area contributed by atoms with E-state index in [0.29, 0.717) is 0 Å². The SMILES string of the molecule is C[C@H](N)C(=O)C1(CCO)SCC(C(=O)O)N1C(=O)OC(C)(C)C. The third-order valence-electron chi connectivity index (χ3n) is 3.31. The fourth-order valence-electron chi connectivity index (χ4n) is 2.39. The van der Waals surface area contributed by atoms with Crippen LogP contribution in [0.25, 0.3) is 0 Å². The van der Waals surface area contributed by atoms with Crippen LogP contribution in [0.5, 0.6) is 0 Å². The van der Waals surface area contributed by atoms with Gasteiger partial charge < -0.3 is 20.7 Å². The molecule has 0 aromatic heterocycles. The van der Waals surface area contributed by atoms with E-state index in [2.05, 4.69) is 0 Å². The number of amides is 1. The van der Waals surface area contributed by atoms with E-state index in [1.54, 1.807) is 20.8 Å². The van der Waals surface area contributed by atoms with Crippen LogP contribution in [0, 0.1) is 0 Å². The molecule has 1 heterocycles. The van der Waals surface area contributed by atoms with Gasteiger partial charge in [-0.05, 0) is 27.7 Å². The average molecular weight is 348 g/mol. The molecule has 0 bridgehead atoms. The molecule has 3 atom stereocenters. The van der Waals surface area contributed by atoms with Gasteiger partial charge in [-0.2, -0.15) is 0 Å². The summed E-state index contributed by atoms with van der Waals surface area (Å²) in [6.45, 7) is 6.00. The van der Waals surface area contributed by atoms with Gasteiger partial charge in [0.2, 0.25) is 0 Å². The lowest BCUT2D eigenvalue weighted by Gasteiger charge is -2.39. The fraction of sp³-hybridized carbons (Fsp3) is 0.786. The quantitative estimate of drug-likeness (QED) is 0.651. The number of nitrogens with zero attached hydrogens (tertiary/aromatic N) is 1. The van der Waals surface area contributed by atoms with Crippen LogP contribution in [0.1, 0.15) is 34.1 Å². The normalized spacial score (nSPS) is 26.0. The van der Waals surface area contributed by atoms with E-state index >= 15 is 0 Å². The van der Waals surface area contributed by atoms with Crippen molar-refractivity contribution < 1.29 is 29.3 Å². The number of carboxylic acids is 1. The Kier molecular flexibility index (Phi) is 6.06. The van der Waals surface area contributed by atoms with Crippen LogP contribution >= 0.6 is 11.8 Å². The van der Waals surface area contributed by atoms with Crippen molar-refractivity contribution in [2.75, 3.05) is 12.4 Å². The van der Waals surface area contributed by atoms with Gasteiger partial charge in [-0.3, -0.25) is 9.69 Å². The van der Waals surface area contributed by atoms with Crippen LogP contribution in [-0.2, 0) is 14.3 Å². The highest BCUT2D eigenvalue weighted by Gasteiger charge is 2.58. The van der Waals surface area contributed by atoms with Gasteiger partial charge in [0, 0.05) is 18.8 Å². The van der Waals surface area contributed by atoms with Crippen LogP contribution in [0.4, 0.5) is 4.79 Å². The molecule has 2 unspecified atom stereocenters. The van der Waals surface area contributed by atoms with Crippen molar-refractivity contribution in [1.82, 2.24) is 4.90 Å². The molecule has 0 spiro atoms. The van der Waals surface area contributed by atoms with E-state index in [4.69, 9.17) is 10.5 Å². The van der Waals surface area contributed by atoms with Crippen molar-refractivity contribution in [3.05, 3.63) is 0 Å². The van der Waals surface area contributed by atoms with E-state index in [1.807, 2.05) is 0 Å². The van der Waals surface area contributed by atoms with Gasteiger partial charge >= 0.3 is 12.1 Å². The molecule has 1 saturated heterocycles. The maximum atomic E-state index is 12.6. The number of hydrogen-bond acceptors (Lipinski definition) is 7. The molecule has 23 heavy (non-hydrogen) atoms. The molecule has 0 aliphatic carbocycles. The fourth-order valence-corrected chi connectivity index (χ4v) is 4.02. The third kappa shape index (κ3) is 4.15. The summed E-state index contributed by atoms with van der Waals surface area (Å²) in [4.78, 5) is 36.0. The number of carbonyl (C=O) groups is 3. The van der Waals surface area contributed by atoms with Crippen molar-refractivity contribution in [2.45, 2.75) is 56.7 Å². The maximum Gasteiger partial charge on any atom is 0.412 e. The Bertz CT molecular complexity index is 490. The first-order valence-electron chi connectivity index (χ1n) is 7.26. The number of carboxylic acid groups (broad SMARTS) is 1. The number of aliphatic carboxylic acids is 1. The van der Waals surface area contributed by atoms with E-state index in [9.17, 15) is 24.6 Å². The molecule has 0 radical (unpaired) electrons. The predicted molar refractivity (Wildman–Crippen MR) is 85.0 cm³/mol. The number of aliphatic hydroxyl groups excluding tert-OH is 1. The molecule has 1 aliphatic rings. The second-order valence-corrected chi connectivity index (χ2v) is 7.72. The van der Waals surface area contributed by atoms with E-state index < -0.39 is 47.0 Å². The zero-order chi connectivity index (χ0) is 18.0. The molecule has 0 aromatic rings. The molecule has 0 saturated carbocycles. The molecule has 8 nitrogen and oxygen atoms in total. The Morgan fingerprint density at radius 1 is 1.43 bits per heavy atom. The Morgan fingerprint density at radius 2 is 2.00 bits per heavy atom. The lowest BCUT2D eigenvalue weighted by atomic mass is 10.0. The monoisotopic (exact) mass is 348 g/mol. The second-order valence-electron chi connectivity index (χ2n) is 6.43. The Morgan fingerprint density at radius 3 is 2.39 bits per heavy atom. The summed E-state index contributed by atoms with van der Waals surface area (Å²) >= 11 is 1.00. The number of aliphatic hydroxyl groups is 1. The highest BCUT2D eigenvalue weighted by Crippen LogP contribution is 2.44. The zero-order valence-electron chi connectivity index (χ0n) is 13.7. The van der Waals surface area contributed by atoms with Crippen molar-refractivity contribution in [3.63, 3.8) is 0 Å². The number of hydrogen-bond donors (Lipinski definition) is 3. The Hall–Kier alpha value is -1.32. The average Bonchev–Trinajstić information content (AvgIpc) is 2.76. The zero-order valence-corrected chi connectivity index (χ0v) is 14.6. The standard InChI is InChI=1S/C14H24N2O6S/c1-8(15)10(18)14(5-6-17)16(9(7-23-14)11(19)20)12(21)22-13(2,3)4/h8-9,17H,5-7,15H2,1-4H3,(H,19,20)/t8-,9?,14?/m0/s1. The van der Waals surface area contributed by atoms with Crippen LogP contribution in [0.15, 0.2) is 0 Å². The minimum atomic E-state index is -1.53. The first-order valence-corrected chi connectivity index (χ1v) is 8.24. The van der Waals surface area contributed by atoms with Gasteiger partial charge in [0.1, 0.15) is 11.6 Å². The highest BCUT2D eigenvalue weighted by atomic mass is 32.2. The molecular weight excluding hydrogens is 324 g/mol. The summed E-state index contributed by atoms with van der Waals surface area (Å²) < 4.78 is 5.27. The molecular formula is C14H24N2O6S. The molecule has 1 amide bonds. The number of ketones is 1. The van der Waals surface area contributed by atoms with Crippen LogP contribution in [0.3, 0.4) is 0 Å². The summed E-state index contributed by atoms with van der Waals surface area (Å²) in [5.74, 6) is -1.72. The van der Waals surface area contributed by atoms with Gasteiger partial charge in [-0.15, -0.1) is 11.8 Å². The topological polar surface area (TPSA) is 130 Å². The minimum Gasteiger partial charge on any atom is -0.480 e. The van der Waals surface area contributed by atoms with Crippen LogP contribution in [0.2, 0.25) is 0 Å². The van der Waals surface area contributed by atoms with Gasteiger partial charge in [-0.25, -0.2) is 9.59 Å².